The fourth-order valence-electron chi connectivity index (χ4n) is 3.24. The van der Waals surface area contributed by atoms with Crippen LogP contribution in [-0.4, -0.2) is 60.0 Å². The van der Waals surface area contributed by atoms with Crippen molar-refractivity contribution >= 4 is 0 Å². The number of rotatable bonds is 7. The number of likely N-dealkylation sites (N-methyl/N-ethyl adjacent to an activating group) is 1. The fraction of sp³-hybridized carbons (Fsp3) is 0.526. The van der Waals surface area contributed by atoms with Gasteiger partial charge in [-0.05, 0) is 37.9 Å². The maximum absolute atomic E-state index is 13.5. The number of benzene rings is 1. The van der Waals surface area contributed by atoms with Crippen LogP contribution in [0.1, 0.15) is 11.3 Å². The molecule has 0 saturated heterocycles. The van der Waals surface area contributed by atoms with Gasteiger partial charge in [0.05, 0.1) is 18.9 Å². The molecule has 5 nitrogen and oxygen atoms in total. The number of halogens is 1. The van der Waals surface area contributed by atoms with Crippen LogP contribution in [0.2, 0.25) is 0 Å². The Hall–Kier alpha value is -1.76. The maximum atomic E-state index is 13.5. The molecule has 0 amide bonds. The van der Waals surface area contributed by atoms with Crippen molar-refractivity contribution in [1.29, 1.82) is 0 Å². The van der Waals surface area contributed by atoms with Crippen LogP contribution in [0.15, 0.2) is 36.5 Å². The lowest BCUT2D eigenvalue weighted by Crippen LogP contribution is -2.30. The molecule has 0 aliphatic carbocycles. The smallest absolute Gasteiger partial charge is 0.123 e. The molecule has 1 unspecified atom stereocenters. The zero-order chi connectivity index (χ0) is 17.6. The number of aromatic nitrogens is 2. The summed E-state index contributed by atoms with van der Waals surface area (Å²) >= 11 is 0. The predicted octanol–water partition coefficient (Wildman–Crippen LogP) is 2.23. The van der Waals surface area contributed by atoms with Crippen LogP contribution in [0, 0.1) is 11.7 Å². The Bertz CT molecular complexity index is 673. The Morgan fingerprint density at radius 3 is 2.96 bits per heavy atom. The SMILES string of the molecule is CN(C)CCOCC1CN(Cc2cccc(F)c2)Cc2ccnn2C1. The highest BCUT2D eigenvalue weighted by atomic mass is 19.1. The van der Waals surface area contributed by atoms with E-state index in [1.54, 1.807) is 12.1 Å². The van der Waals surface area contributed by atoms with Gasteiger partial charge in [-0.3, -0.25) is 9.58 Å². The topological polar surface area (TPSA) is 33.5 Å². The van der Waals surface area contributed by atoms with Gasteiger partial charge in [-0.15, -0.1) is 0 Å². The van der Waals surface area contributed by atoms with Crippen LogP contribution in [0.4, 0.5) is 4.39 Å². The summed E-state index contributed by atoms with van der Waals surface area (Å²) in [5.74, 6) is 0.192. The van der Waals surface area contributed by atoms with Gasteiger partial charge in [0.1, 0.15) is 5.82 Å². The molecule has 0 radical (unpaired) electrons. The molecule has 1 aromatic carbocycles. The van der Waals surface area contributed by atoms with Crippen LogP contribution in [0.5, 0.6) is 0 Å². The van der Waals surface area contributed by atoms with E-state index < -0.39 is 0 Å². The van der Waals surface area contributed by atoms with Gasteiger partial charge in [0.2, 0.25) is 0 Å². The molecule has 0 saturated carbocycles. The first-order valence-corrected chi connectivity index (χ1v) is 8.80. The van der Waals surface area contributed by atoms with Crippen LogP contribution in [-0.2, 0) is 24.4 Å². The first-order valence-electron chi connectivity index (χ1n) is 8.80. The fourth-order valence-corrected chi connectivity index (χ4v) is 3.24. The van der Waals surface area contributed by atoms with Crippen molar-refractivity contribution in [2.24, 2.45) is 5.92 Å². The van der Waals surface area contributed by atoms with Gasteiger partial charge in [0, 0.05) is 44.8 Å². The van der Waals surface area contributed by atoms with E-state index >= 15 is 0 Å². The Balaban J connectivity index is 1.64. The number of nitrogens with zero attached hydrogens (tertiary/aromatic N) is 4. The molecule has 0 bridgehead atoms. The number of hydrogen-bond acceptors (Lipinski definition) is 4. The summed E-state index contributed by atoms with van der Waals surface area (Å²) in [4.78, 5) is 4.48. The minimum atomic E-state index is -0.180. The Morgan fingerprint density at radius 2 is 2.16 bits per heavy atom. The Morgan fingerprint density at radius 1 is 1.28 bits per heavy atom. The second-order valence-corrected chi connectivity index (χ2v) is 7.05. The minimum Gasteiger partial charge on any atom is -0.380 e. The van der Waals surface area contributed by atoms with Gasteiger partial charge in [0.15, 0.2) is 0 Å². The van der Waals surface area contributed by atoms with Gasteiger partial charge in [-0.25, -0.2) is 4.39 Å². The van der Waals surface area contributed by atoms with Crippen LogP contribution in [0.3, 0.4) is 0 Å². The number of ether oxygens (including phenoxy) is 1. The highest BCUT2D eigenvalue weighted by Gasteiger charge is 2.22. The molecule has 1 aromatic heterocycles. The summed E-state index contributed by atoms with van der Waals surface area (Å²) in [5, 5.41) is 4.45. The van der Waals surface area contributed by atoms with Gasteiger partial charge >= 0.3 is 0 Å². The van der Waals surface area contributed by atoms with E-state index in [4.69, 9.17) is 4.74 Å². The lowest BCUT2D eigenvalue weighted by atomic mass is 10.1. The van der Waals surface area contributed by atoms with Crippen molar-refractivity contribution in [3.8, 4) is 0 Å². The zero-order valence-electron chi connectivity index (χ0n) is 15.1. The molecule has 0 N–H and O–H groups in total. The van der Waals surface area contributed by atoms with Crippen LogP contribution in [0.25, 0.3) is 0 Å². The van der Waals surface area contributed by atoms with Gasteiger partial charge in [0.25, 0.3) is 0 Å². The molecule has 136 valence electrons. The Labute approximate surface area is 149 Å². The molecular weight excluding hydrogens is 319 g/mol. The van der Waals surface area contributed by atoms with Crippen LogP contribution >= 0.6 is 0 Å². The summed E-state index contributed by atoms with van der Waals surface area (Å²) in [5.41, 5.74) is 2.20. The van der Waals surface area contributed by atoms with E-state index in [1.165, 1.54) is 11.8 Å². The van der Waals surface area contributed by atoms with E-state index in [0.717, 1.165) is 44.9 Å². The molecule has 25 heavy (non-hydrogen) atoms. The second kappa shape index (κ2) is 8.56. The van der Waals surface area contributed by atoms with Gasteiger partial charge in [-0.1, -0.05) is 12.1 Å². The number of fused-ring (bicyclic) bond motifs is 1. The standard InChI is InChI=1S/C19H27FN4O/c1-22(2)8-9-25-15-17-12-23(11-16-4-3-5-18(20)10-16)14-19-6-7-21-24(19)13-17/h3-7,10,17H,8-9,11-15H2,1-2H3. The quantitative estimate of drug-likeness (QED) is 0.720. The highest BCUT2D eigenvalue weighted by molar-refractivity contribution is 5.16. The normalized spacial score (nSPS) is 18.3. The summed E-state index contributed by atoms with van der Waals surface area (Å²) < 4.78 is 21.4. The summed E-state index contributed by atoms with van der Waals surface area (Å²) in [7, 11) is 4.09. The molecule has 1 atom stereocenters. The minimum absolute atomic E-state index is 0.180. The average molecular weight is 346 g/mol. The molecule has 1 aliphatic heterocycles. The monoisotopic (exact) mass is 346 g/mol. The third-order valence-corrected chi connectivity index (χ3v) is 4.47. The Kier molecular flexibility index (Phi) is 6.18. The first-order chi connectivity index (χ1) is 12.1. The van der Waals surface area contributed by atoms with E-state index in [-0.39, 0.29) is 5.82 Å². The maximum Gasteiger partial charge on any atom is 0.123 e. The highest BCUT2D eigenvalue weighted by Crippen LogP contribution is 2.19. The largest absolute Gasteiger partial charge is 0.380 e. The van der Waals surface area contributed by atoms with Crippen molar-refractivity contribution in [3.05, 3.63) is 53.6 Å². The summed E-state index contributed by atoms with van der Waals surface area (Å²) in [6.07, 6.45) is 1.85. The second-order valence-electron chi connectivity index (χ2n) is 7.05. The molecule has 2 heterocycles. The van der Waals surface area contributed by atoms with Crippen molar-refractivity contribution in [2.75, 3.05) is 40.4 Å². The van der Waals surface area contributed by atoms with Gasteiger partial charge < -0.3 is 9.64 Å². The summed E-state index contributed by atoms with van der Waals surface area (Å²) in [6.45, 7) is 5.71. The lowest BCUT2D eigenvalue weighted by molar-refractivity contribution is 0.0673. The van der Waals surface area contributed by atoms with Crippen molar-refractivity contribution < 1.29 is 9.13 Å². The molecule has 3 rings (SSSR count). The molecule has 6 heteroatoms. The van der Waals surface area contributed by atoms with E-state index in [9.17, 15) is 4.39 Å². The third kappa shape index (κ3) is 5.36. The van der Waals surface area contributed by atoms with Crippen molar-refractivity contribution in [1.82, 2.24) is 19.6 Å². The summed E-state index contributed by atoms with van der Waals surface area (Å²) in [6, 6.07) is 8.92. The first kappa shape index (κ1) is 18.0. The molecule has 0 spiro atoms. The van der Waals surface area contributed by atoms with Gasteiger partial charge in [-0.2, -0.15) is 5.10 Å². The molecule has 0 fully saturated rings. The van der Waals surface area contributed by atoms with Crippen molar-refractivity contribution in [2.45, 2.75) is 19.6 Å². The third-order valence-electron chi connectivity index (χ3n) is 4.47. The predicted molar refractivity (Wildman–Crippen MR) is 95.6 cm³/mol. The molecule has 2 aromatic rings. The number of hydrogen-bond donors (Lipinski definition) is 0. The van der Waals surface area contributed by atoms with E-state index in [1.807, 2.05) is 26.4 Å². The zero-order valence-corrected chi connectivity index (χ0v) is 15.1. The van der Waals surface area contributed by atoms with E-state index in [0.29, 0.717) is 12.5 Å². The average Bonchev–Trinajstić information content (AvgIpc) is 2.91. The molecular formula is C19H27FN4O. The van der Waals surface area contributed by atoms with Crippen LogP contribution < -0.4 is 0 Å². The van der Waals surface area contributed by atoms with Crippen molar-refractivity contribution in [3.63, 3.8) is 0 Å². The lowest BCUT2D eigenvalue weighted by Gasteiger charge is -2.24. The molecule has 1 aliphatic rings. The van der Waals surface area contributed by atoms with E-state index in [2.05, 4.69) is 25.6 Å².